The fraction of sp³-hybridized carbons (Fsp3) is 0.154. The summed E-state index contributed by atoms with van der Waals surface area (Å²) in [4.78, 5) is 12.0. The van der Waals surface area contributed by atoms with Crippen molar-refractivity contribution in [3.05, 3.63) is 52.1 Å². The maximum atomic E-state index is 12.0. The molecule has 0 aromatic carbocycles. The van der Waals surface area contributed by atoms with Crippen LogP contribution in [0.25, 0.3) is 0 Å². The molecule has 3 rings (SSSR count). The number of amides is 1. The number of carbonyl (C=O) groups is 1. The van der Waals surface area contributed by atoms with Gasteiger partial charge < -0.3 is 5.32 Å². The van der Waals surface area contributed by atoms with Crippen LogP contribution >= 0.6 is 11.3 Å². The second kappa shape index (κ2) is 5.30. The van der Waals surface area contributed by atoms with Crippen LogP contribution < -0.4 is 5.32 Å². The number of nitrogens with zero attached hydrogens (tertiary/aromatic N) is 3. The molecule has 102 valence electrons. The maximum absolute atomic E-state index is 12.0. The highest BCUT2D eigenvalue weighted by Crippen LogP contribution is 2.13. The van der Waals surface area contributed by atoms with Crippen LogP contribution in [0.15, 0.2) is 35.2 Å². The first-order valence-electron chi connectivity index (χ1n) is 6.08. The van der Waals surface area contributed by atoms with Gasteiger partial charge in [-0.05, 0) is 35.4 Å². The van der Waals surface area contributed by atoms with E-state index in [1.165, 1.54) is 0 Å². The topological polar surface area (TPSA) is 75.6 Å². The average molecular weight is 287 g/mol. The smallest absolute Gasteiger partial charge is 0.277 e. The van der Waals surface area contributed by atoms with E-state index in [1.54, 1.807) is 34.3 Å². The average Bonchev–Trinajstić information content (AvgIpc) is 3.13. The van der Waals surface area contributed by atoms with Crippen LogP contribution in [0.4, 0.5) is 5.82 Å². The van der Waals surface area contributed by atoms with Crippen LogP contribution in [0.1, 0.15) is 21.7 Å². The number of aryl methyl sites for hydroxylation is 1. The Hall–Kier alpha value is -2.41. The van der Waals surface area contributed by atoms with E-state index in [2.05, 4.69) is 26.0 Å². The number of nitrogens with one attached hydrogen (secondary N) is 2. The molecule has 0 bridgehead atoms. The summed E-state index contributed by atoms with van der Waals surface area (Å²) in [7, 11) is 0. The number of hydrogen-bond acceptors (Lipinski definition) is 4. The molecule has 7 heteroatoms. The lowest BCUT2D eigenvalue weighted by Gasteiger charge is -2.07. The first-order chi connectivity index (χ1) is 9.72. The second-order valence-electron chi connectivity index (χ2n) is 4.40. The van der Waals surface area contributed by atoms with E-state index in [9.17, 15) is 4.79 Å². The summed E-state index contributed by atoms with van der Waals surface area (Å²) in [6.07, 6.45) is 1.66. The van der Waals surface area contributed by atoms with Gasteiger partial charge in [-0.2, -0.15) is 21.5 Å². The number of anilines is 1. The van der Waals surface area contributed by atoms with Gasteiger partial charge in [-0.3, -0.25) is 9.89 Å². The Balaban J connectivity index is 1.75. The van der Waals surface area contributed by atoms with E-state index in [0.29, 0.717) is 18.1 Å². The number of thiophene rings is 1. The second-order valence-corrected chi connectivity index (χ2v) is 5.18. The number of aromatic nitrogens is 4. The molecular formula is C13H13N5OS. The first-order valence-corrected chi connectivity index (χ1v) is 7.03. The van der Waals surface area contributed by atoms with Crippen molar-refractivity contribution in [3.63, 3.8) is 0 Å². The molecule has 0 fully saturated rings. The van der Waals surface area contributed by atoms with Crippen LogP contribution in [0.3, 0.4) is 0 Å². The number of rotatable bonds is 4. The van der Waals surface area contributed by atoms with Gasteiger partial charge in [-0.1, -0.05) is 0 Å². The van der Waals surface area contributed by atoms with Gasteiger partial charge in [0, 0.05) is 11.8 Å². The largest absolute Gasteiger partial charge is 0.305 e. The molecular weight excluding hydrogens is 274 g/mol. The lowest BCUT2D eigenvalue weighted by molar-refractivity contribution is 0.102. The number of aromatic amines is 1. The first kappa shape index (κ1) is 12.6. The van der Waals surface area contributed by atoms with E-state index < -0.39 is 0 Å². The van der Waals surface area contributed by atoms with Crippen molar-refractivity contribution in [2.24, 2.45) is 0 Å². The Kier molecular flexibility index (Phi) is 3.34. The van der Waals surface area contributed by atoms with Crippen molar-refractivity contribution in [2.45, 2.75) is 13.5 Å². The van der Waals surface area contributed by atoms with Gasteiger partial charge in [-0.25, -0.2) is 4.68 Å². The van der Waals surface area contributed by atoms with Gasteiger partial charge in [0.15, 0.2) is 5.69 Å². The standard InChI is InChI=1S/C13H13N5OS/c1-9-6-11(17-16-9)13(19)15-12-2-4-14-18(12)7-10-3-5-20-8-10/h2-6,8H,7H2,1H3,(H,15,19)(H,16,17). The monoisotopic (exact) mass is 287 g/mol. The molecule has 3 aromatic rings. The third-order valence-electron chi connectivity index (χ3n) is 2.81. The molecule has 0 spiro atoms. The summed E-state index contributed by atoms with van der Waals surface area (Å²) < 4.78 is 1.75. The summed E-state index contributed by atoms with van der Waals surface area (Å²) in [6, 6.07) is 5.51. The lowest BCUT2D eigenvalue weighted by atomic mass is 10.3. The number of H-pyrrole nitrogens is 1. The van der Waals surface area contributed by atoms with Crippen molar-refractivity contribution in [2.75, 3.05) is 5.32 Å². The van der Waals surface area contributed by atoms with Crippen LogP contribution in [-0.2, 0) is 6.54 Å². The van der Waals surface area contributed by atoms with E-state index >= 15 is 0 Å². The summed E-state index contributed by atoms with van der Waals surface area (Å²) in [5, 5.41) is 17.8. The van der Waals surface area contributed by atoms with Crippen LogP contribution in [0.5, 0.6) is 0 Å². The Labute approximate surface area is 119 Å². The van der Waals surface area contributed by atoms with Gasteiger partial charge in [-0.15, -0.1) is 0 Å². The predicted octanol–water partition coefficient (Wildman–Crippen LogP) is 2.28. The van der Waals surface area contributed by atoms with E-state index in [1.807, 2.05) is 18.4 Å². The van der Waals surface area contributed by atoms with Gasteiger partial charge in [0.05, 0.1) is 12.7 Å². The Morgan fingerprint density at radius 3 is 3.10 bits per heavy atom. The fourth-order valence-corrected chi connectivity index (χ4v) is 2.49. The van der Waals surface area contributed by atoms with Crippen molar-refractivity contribution in [3.8, 4) is 0 Å². The highest BCUT2D eigenvalue weighted by molar-refractivity contribution is 7.07. The highest BCUT2D eigenvalue weighted by Gasteiger charge is 2.12. The van der Waals surface area contributed by atoms with E-state index in [0.717, 1.165) is 11.3 Å². The van der Waals surface area contributed by atoms with Crippen molar-refractivity contribution < 1.29 is 4.79 Å². The van der Waals surface area contributed by atoms with Gasteiger partial charge in [0.25, 0.3) is 5.91 Å². The zero-order valence-electron chi connectivity index (χ0n) is 10.8. The van der Waals surface area contributed by atoms with Crippen molar-refractivity contribution in [1.29, 1.82) is 0 Å². The lowest BCUT2D eigenvalue weighted by Crippen LogP contribution is -2.16. The van der Waals surface area contributed by atoms with E-state index in [-0.39, 0.29) is 5.91 Å². The van der Waals surface area contributed by atoms with E-state index in [4.69, 9.17) is 0 Å². The Morgan fingerprint density at radius 1 is 1.50 bits per heavy atom. The van der Waals surface area contributed by atoms with Gasteiger partial charge in [0.1, 0.15) is 5.82 Å². The van der Waals surface area contributed by atoms with Crippen LogP contribution in [0.2, 0.25) is 0 Å². The molecule has 3 heterocycles. The minimum Gasteiger partial charge on any atom is -0.305 e. The summed E-state index contributed by atoms with van der Waals surface area (Å²) in [5.41, 5.74) is 2.37. The minimum absolute atomic E-state index is 0.249. The minimum atomic E-state index is -0.249. The normalized spacial score (nSPS) is 10.7. The fourth-order valence-electron chi connectivity index (χ4n) is 1.84. The zero-order valence-corrected chi connectivity index (χ0v) is 11.6. The molecule has 20 heavy (non-hydrogen) atoms. The van der Waals surface area contributed by atoms with Crippen molar-refractivity contribution in [1.82, 2.24) is 20.0 Å². The highest BCUT2D eigenvalue weighted by atomic mass is 32.1. The molecule has 2 N–H and O–H groups in total. The van der Waals surface area contributed by atoms with Gasteiger partial charge >= 0.3 is 0 Å². The molecule has 0 aliphatic carbocycles. The van der Waals surface area contributed by atoms with Crippen molar-refractivity contribution >= 4 is 23.1 Å². The predicted molar refractivity (Wildman–Crippen MR) is 76.9 cm³/mol. The summed E-state index contributed by atoms with van der Waals surface area (Å²) in [5.74, 6) is 0.406. The van der Waals surface area contributed by atoms with Crippen LogP contribution in [-0.4, -0.2) is 25.9 Å². The summed E-state index contributed by atoms with van der Waals surface area (Å²) >= 11 is 1.64. The molecule has 0 unspecified atom stereocenters. The number of hydrogen-bond donors (Lipinski definition) is 2. The number of carbonyl (C=O) groups excluding carboxylic acids is 1. The molecule has 0 atom stereocenters. The summed E-state index contributed by atoms with van der Waals surface area (Å²) in [6.45, 7) is 2.48. The molecule has 3 aromatic heterocycles. The Bertz CT molecular complexity index is 713. The molecule has 6 nitrogen and oxygen atoms in total. The maximum Gasteiger partial charge on any atom is 0.277 e. The molecule has 0 aliphatic heterocycles. The Morgan fingerprint density at radius 2 is 2.40 bits per heavy atom. The molecule has 0 saturated heterocycles. The van der Waals surface area contributed by atoms with Gasteiger partial charge in [0.2, 0.25) is 0 Å². The molecule has 0 aliphatic rings. The third-order valence-corrected chi connectivity index (χ3v) is 3.54. The van der Waals surface area contributed by atoms with Crippen LogP contribution in [0, 0.1) is 6.92 Å². The molecule has 1 amide bonds. The third kappa shape index (κ3) is 2.62. The molecule has 0 saturated carbocycles. The zero-order chi connectivity index (χ0) is 13.9. The molecule has 0 radical (unpaired) electrons. The quantitative estimate of drug-likeness (QED) is 0.773. The SMILES string of the molecule is Cc1cc(C(=O)Nc2ccnn2Cc2ccsc2)n[nH]1.